The lowest BCUT2D eigenvalue weighted by Crippen LogP contribution is -2.46. The van der Waals surface area contributed by atoms with Gasteiger partial charge in [-0.2, -0.15) is 13.2 Å². The summed E-state index contributed by atoms with van der Waals surface area (Å²) in [5, 5.41) is 12.2. The molecule has 0 saturated carbocycles. The molecule has 39 heavy (non-hydrogen) atoms. The molecule has 2 heterocycles. The fourth-order valence-electron chi connectivity index (χ4n) is 3.91. The smallest absolute Gasteiger partial charge is 0.475 e. The van der Waals surface area contributed by atoms with Crippen LogP contribution in [0.25, 0.3) is 11.0 Å². The average molecular weight is 586 g/mol. The molecule has 1 fully saturated rings. The Hall–Kier alpha value is -2.82. The van der Waals surface area contributed by atoms with Crippen LogP contribution < -0.4 is 10.2 Å². The van der Waals surface area contributed by atoms with Crippen molar-refractivity contribution in [2.24, 2.45) is 5.41 Å². The predicted molar refractivity (Wildman–Crippen MR) is 150 cm³/mol. The number of alkyl halides is 3. The summed E-state index contributed by atoms with van der Waals surface area (Å²) >= 11 is 12.5. The number of piperazine rings is 1. The van der Waals surface area contributed by atoms with Gasteiger partial charge in [-0.1, -0.05) is 56.1 Å². The van der Waals surface area contributed by atoms with Gasteiger partial charge in [-0.3, -0.25) is 4.90 Å². The quantitative estimate of drug-likeness (QED) is 0.331. The Kier molecular flexibility index (Phi) is 10.3. The van der Waals surface area contributed by atoms with Crippen molar-refractivity contribution in [2.45, 2.75) is 39.9 Å². The Labute approximate surface area is 235 Å². The number of halogens is 5. The highest BCUT2D eigenvalue weighted by atomic mass is 35.5. The molecule has 0 aliphatic carbocycles. The monoisotopic (exact) mass is 585 g/mol. The van der Waals surface area contributed by atoms with Crippen LogP contribution in [0.4, 0.5) is 24.8 Å². The van der Waals surface area contributed by atoms with Crippen LogP contribution in [0.1, 0.15) is 32.8 Å². The van der Waals surface area contributed by atoms with Gasteiger partial charge in [0.25, 0.3) is 0 Å². The molecule has 0 radical (unpaired) electrons. The van der Waals surface area contributed by atoms with E-state index in [0.29, 0.717) is 0 Å². The number of anilines is 2. The predicted octanol–water partition coefficient (Wildman–Crippen LogP) is 6.74. The van der Waals surface area contributed by atoms with Crippen molar-refractivity contribution >= 4 is 51.8 Å². The van der Waals surface area contributed by atoms with E-state index in [0.717, 1.165) is 84.0 Å². The van der Waals surface area contributed by atoms with Gasteiger partial charge in [0.05, 0.1) is 11.0 Å². The van der Waals surface area contributed by atoms with Gasteiger partial charge in [-0.25, -0.2) is 14.8 Å². The van der Waals surface area contributed by atoms with E-state index in [1.807, 2.05) is 42.5 Å². The normalized spacial score (nSPS) is 14.6. The second-order valence-electron chi connectivity index (χ2n) is 10.4. The number of para-hydroxylation sites is 2. The summed E-state index contributed by atoms with van der Waals surface area (Å²) in [6, 6.07) is 13.7. The molecule has 2 aromatic carbocycles. The fourth-order valence-corrected chi connectivity index (χ4v) is 4.28. The Morgan fingerprint density at radius 2 is 1.59 bits per heavy atom. The summed E-state index contributed by atoms with van der Waals surface area (Å²) < 4.78 is 31.7. The third kappa shape index (κ3) is 9.40. The average Bonchev–Trinajstić information content (AvgIpc) is 2.85. The summed E-state index contributed by atoms with van der Waals surface area (Å²) in [6.07, 6.45) is -4.02. The van der Waals surface area contributed by atoms with E-state index in [1.165, 1.54) is 0 Å². The zero-order valence-electron chi connectivity index (χ0n) is 22.0. The lowest BCUT2D eigenvalue weighted by molar-refractivity contribution is -0.192. The molecule has 3 aromatic rings. The Morgan fingerprint density at radius 3 is 2.15 bits per heavy atom. The van der Waals surface area contributed by atoms with E-state index in [-0.39, 0.29) is 5.41 Å². The van der Waals surface area contributed by atoms with Crippen molar-refractivity contribution in [3.63, 3.8) is 0 Å². The summed E-state index contributed by atoms with van der Waals surface area (Å²) in [5.74, 6) is -0.940. The van der Waals surface area contributed by atoms with Crippen LogP contribution >= 0.6 is 23.2 Å². The SMILES string of the molecule is CC(C)(C)CCNc1nc2ccccc2nc1N1CCN(Cc2cc(Cl)ccc2Cl)CC1.O=C(O)C(F)(F)F. The number of aromatic nitrogens is 2. The molecule has 1 saturated heterocycles. The number of benzene rings is 2. The number of hydrogen-bond acceptors (Lipinski definition) is 6. The number of fused-ring (bicyclic) bond motifs is 1. The largest absolute Gasteiger partial charge is 0.490 e. The molecule has 1 aliphatic rings. The maximum Gasteiger partial charge on any atom is 0.490 e. The highest BCUT2D eigenvalue weighted by Crippen LogP contribution is 2.28. The molecule has 1 aromatic heterocycles. The summed E-state index contributed by atoms with van der Waals surface area (Å²) in [6.45, 7) is 12.1. The molecule has 12 heteroatoms. The van der Waals surface area contributed by atoms with E-state index in [9.17, 15) is 13.2 Å². The molecule has 7 nitrogen and oxygen atoms in total. The fraction of sp³-hybridized carbons (Fsp3) is 0.444. The number of carboxylic acid groups (broad SMARTS) is 1. The van der Waals surface area contributed by atoms with E-state index >= 15 is 0 Å². The number of carboxylic acids is 1. The summed E-state index contributed by atoms with van der Waals surface area (Å²) in [4.78, 5) is 23.6. The van der Waals surface area contributed by atoms with Gasteiger partial charge in [0.2, 0.25) is 0 Å². The van der Waals surface area contributed by atoms with Crippen LogP contribution in [0.5, 0.6) is 0 Å². The number of carbonyl (C=O) groups is 1. The second-order valence-corrected chi connectivity index (χ2v) is 11.3. The first-order valence-corrected chi connectivity index (χ1v) is 13.2. The van der Waals surface area contributed by atoms with Gasteiger partial charge in [0, 0.05) is 49.3 Å². The first-order valence-electron chi connectivity index (χ1n) is 12.4. The van der Waals surface area contributed by atoms with Gasteiger partial charge < -0.3 is 15.3 Å². The Bertz CT molecular complexity index is 1280. The lowest BCUT2D eigenvalue weighted by atomic mass is 9.92. The van der Waals surface area contributed by atoms with Gasteiger partial charge in [-0.15, -0.1) is 0 Å². The number of nitrogens with zero attached hydrogens (tertiary/aromatic N) is 4. The maximum absolute atomic E-state index is 10.6. The number of nitrogens with one attached hydrogen (secondary N) is 1. The lowest BCUT2D eigenvalue weighted by Gasteiger charge is -2.36. The van der Waals surface area contributed by atoms with Crippen molar-refractivity contribution in [2.75, 3.05) is 42.9 Å². The van der Waals surface area contributed by atoms with Crippen LogP contribution in [0, 0.1) is 5.41 Å². The van der Waals surface area contributed by atoms with Gasteiger partial charge >= 0.3 is 12.1 Å². The molecule has 4 rings (SSSR count). The molecule has 2 N–H and O–H groups in total. The topological polar surface area (TPSA) is 81.6 Å². The first kappa shape index (κ1) is 30.7. The van der Waals surface area contributed by atoms with Gasteiger partial charge in [0.15, 0.2) is 11.6 Å². The van der Waals surface area contributed by atoms with Gasteiger partial charge in [0.1, 0.15) is 0 Å². The van der Waals surface area contributed by atoms with Crippen LogP contribution in [0.15, 0.2) is 42.5 Å². The van der Waals surface area contributed by atoms with E-state index in [4.69, 9.17) is 43.1 Å². The zero-order valence-corrected chi connectivity index (χ0v) is 23.5. The highest BCUT2D eigenvalue weighted by molar-refractivity contribution is 6.33. The Balaban J connectivity index is 0.000000532. The maximum atomic E-state index is 10.6. The summed E-state index contributed by atoms with van der Waals surface area (Å²) in [5.41, 5.74) is 3.19. The molecule has 0 spiro atoms. The van der Waals surface area contributed by atoms with Crippen molar-refractivity contribution in [1.82, 2.24) is 14.9 Å². The second kappa shape index (κ2) is 13.0. The minimum Gasteiger partial charge on any atom is -0.475 e. The van der Waals surface area contributed by atoms with Crippen molar-refractivity contribution < 1.29 is 23.1 Å². The van der Waals surface area contributed by atoms with Gasteiger partial charge in [-0.05, 0) is 47.7 Å². The first-order chi connectivity index (χ1) is 18.2. The minimum absolute atomic E-state index is 0.269. The van der Waals surface area contributed by atoms with Crippen LogP contribution in [0.3, 0.4) is 0 Å². The Morgan fingerprint density at radius 1 is 1.00 bits per heavy atom. The van der Waals surface area contributed by atoms with Crippen molar-refractivity contribution in [1.29, 1.82) is 0 Å². The molecular weight excluding hydrogens is 554 g/mol. The van der Waals surface area contributed by atoms with Crippen LogP contribution in [-0.4, -0.2) is 64.8 Å². The van der Waals surface area contributed by atoms with Crippen LogP contribution in [0.2, 0.25) is 10.0 Å². The third-order valence-corrected chi connectivity index (χ3v) is 6.64. The molecule has 0 bridgehead atoms. The standard InChI is InChI=1S/C25H31Cl2N5.C2HF3O2/c1-25(2,3)10-11-28-23-24(30-22-7-5-4-6-21(22)29-23)32-14-12-31(13-15-32)17-18-16-19(26)8-9-20(18)27;3-2(4,5)1(6)7/h4-9,16H,10-15,17H2,1-3H3,(H,28,29);(H,6,7). The molecule has 0 amide bonds. The molecule has 0 unspecified atom stereocenters. The van der Waals surface area contributed by atoms with E-state index in [2.05, 4.69) is 35.9 Å². The summed E-state index contributed by atoms with van der Waals surface area (Å²) in [7, 11) is 0. The zero-order chi connectivity index (χ0) is 28.8. The molecule has 1 aliphatic heterocycles. The third-order valence-electron chi connectivity index (χ3n) is 6.04. The number of aliphatic carboxylic acids is 1. The molecule has 0 atom stereocenters. The number of rotatable bonds is 6. The molecule has 212 valence electrons. The van der Waals surface area contributed by atoms with Crippen molar-refractivity contribution in [3.8, 4) is 0 Å². The van der Waals surface area contributed by atoms with E-state index in [1.54, 1.807) is 0 Å². The van der Waals surface area contributed by atoms with E-state index < -0.39 is 12.1 Å². The van der Waals surface area contributed by atoms with Crippen molar-refractivity contribution in [3.05, 3.63) is 58.1 Å². The minimum atomic E-state index is -5.08. The highest BCUT2D eigenvalue weighted by Gasteiger charge is 2.38. The molecular formula is C27H32Cl2F3N5O2. The number of hydrogen-bond donors (Lipinski definition) is 2. The van der Waals surface area contributed by atoms with Crippen LogP contribution in [-0.2, 0) is 11.3 Å².